The number of likely N-dealkylation sites (tertiary alicyclic amines) is 1. The largest absolute Gasteiger partial charge is 0.496 e. The van der Waals surface area contributed by atoms with Crippen LogP contribution in [0.3, 0.4) is 0 Å². The average Bonchev–Trinajstić information content (AvgIpc) is 2.81. The molecule has 1 fully saturated rings. The Labute approximate surface area is 110 Å². The van der Waals surface area contributed by atoms with Crippen molar-refractivity contribution >= 4 is 33.1 Å². The van der Waals surface area contributed by atoms with Gasteiger partial charge < -0.3 is 9.64 Å². The number of nitrogens with zero attached hydrogens (tertiary/aromatic N) is 1. The number of rotatable bonds is 2. The molecule has 1 heterocycles. The van der Waals surface area contributed by atoms with Gasteiger partial charge in [-0.25, -0.2) is 0 Å². The highest BCUT2D eigenvalue weighted by atomic mass is 79.9. The maximum Gasteiger partial charge on any atom is 0.129 e. The number of thiocarbonyl (C=S) groups is 1. The van der Waals surface area contributed by atoms with E-state index in [4.69, 9.17) is 17.0 Å². The van der Waals surface area contributed by atoms with Gasteiger partial charge in [0.05, 0.1) is 12.7 Å². The molecule has 0 aromatic heterocycles. The Morgan fingerprint density at radius 1 is 1.38 bits per heavy atom. The lowest BCUT2D eigenvalue weighted by Crippen LogP contribution is -2.27. The van der Waals surface area contributed by atoms with Gasteiger partial charge in [-0.3, -0.25) is 0 Å². The third-order valence-electron chi connectivity index (χ3n) is 2.79. The SMILES string of the molecule is COc1ccc(Br)cc1C(=S)N1CCCC1. The number of methoxy groups -OCH3 is 1. The van der Waals surface area contributed by atoms with Crippen LogP contribution >= 0.6 is 28.1 Å². The molecular formula is C12H14BrNOS. The second kappa shape index (κ2) is 5.15. The third kappa shape index (κ3) is 2.38. The summed E-state index contributed by atoms with van der Waals surface area (Å²) in [6, 6.07) is 5.94. The highest BCUT2D eigenvalue weighted by molar-refractivity contribution is 9.10. The van der Waals surface area contributed by atoms with Crippen LogP contribution in [0.5, 0.6) is 5.75 Å². The predicted molar refractivity (Wildman–Crippen MR) is 73.2 cm³/mol. The Kier molecular flexibility index (Phi) is 3.82. The Hall–Kier alpha value is -0.610. The second-order valence-electron chi connectivity index (χ2n) is 3.84. The molecule has 1 saturated heterocycles. The summed E-state index contributed by atoms with van der Waals surface area (Å²) in [7, 11) is 1.68. The highest BCUT2D eigenvalue weighted by Crippen LogP contribution is 2.26. The van der Waals surface area contributed by atoms with E-state index in [-0.39, 0.29) is 0 Å². The van der Waals surface area contributed by atoms with Gasteiger partial charge >= 0.3 is 0 Å². The molecule has 0 atom stereocenters. The van der Waals surface area contributed by atoms with Crippen LogP contribution in [0.4, 0.5) is 0 Å². The highest BCUT2D eigenvalue weighted by Gasteiger charge is 2.19. The first-order chi connectivity index (χ1) is 7.72. The minimum atomic E-state index is 0.847. The molecule has 0 aliphatic carbocycles. The molecule has 1 aliphatic heterocycles. The molecule has 0 bridgehead atoms. The maximum absolute atomic E-state index is 5.52. The van der Waals surface area contributed by atoms with Crippen molar-refractivity contribution in [3.05, 3.63) is 28.2 Å². The van der Waals surface area contributed by atoms with Crippen molar-refractivity contribution in [1.82, 2.24) is 4.90 Å². The molecular weight excluding hydrogens is 286 g/mol. The Balaban J connectivity index is 2.30. The molecule has 1 aromatic rings. The van der Waals surface area contributed by atoms with Gasteiger partial charge in [-0.2, -0.15) is 0 Å². The summed E-state index contributed by atoms with van der Waals surface area (Å²) in [5, 5.41) is 0. The van der Waals surface area contributed by atoms with Crippen molar-refractivity contribution < 1.29 is 4.74 Å². The zero-order chi connectivity index (χ0) is 11.5. The van der Waals surface area contributed by atoms with Crippen LogP contribution in [0.2, 0.25) is 0 Å². The van der Waals surface area contributed by atoms with Crippen LogP contribution in [-0.2, 0) is 0 Å². The summed E-state index contributed by atoms with van der Waals surface area (Å²) in [6.45, 7) is 2.13. The summed E-state index contributed by atoms with van der Waals surface area (Å²) in [5.74, 6) is 0.847. The van der Waals surface area contributed by atoms with Crippen LogP contribution in [0, 0.1) is 0 Å². The molecule has 0 saturated carbocycles. The van der Waals surface area contributed by atoms with E-state index >= 15 is 0 Å². The van der Waals surface area contributed by atoms with Crippen molar-refractivity contribution in [2.24, 2.45) is 0 Å². The van der Waals surface area contributed by atoms with Gasteiger partial charge in [0.2, 0.25) is 0 Å². The monoisotopic (exact) mass is 299 g/mol. The normalized spacial score (nSPS) is 15.2. The maximum atomic E-state index is 5.52. The van der Waals surface area contributed by atoms with E-state index in [1.54, 1.807) is 7.11 Å². The van der Waals surface area contributed by atoms with E-state index in [2.05, 4.69) is 20.8 Å². The second-order valence-corrected chi connectivity index (χ2v) is 5.15. The number of benzene rings is 1. The molecule has 4 heteroatoms. The summed E-state index contributed by atoms with van der Waals surface area (Å²) in [5.41, 5.74) is 1.01. The van der Waals surface area contributed by atoms with Crippen molar-refractivity contribution in [3.8, 4) is 5.75 Å². The fraction of sp³-hybridized carbons (Fsp3) is 0.417. The molecule has 0 radical (unpaired) electrons. The summed E-state index contributed by atoms with van der Waals surface area (Å²) in [4.78, 5) is 3.15. The molecule has 16 heavy (non-hydrogen) atoms. The van der Waals surface area contributed by atoms with E-state index in [1.165, 1.54) is 12.8 Å². The fourth-order valence-corrected chi connectivity index (χ4v) is 2.64. The molecule has 0 amide bonds. The number of ether oxygens (including phenoxy) is 1. The lowest BCUT2D eigenvalue weighted by atomic mass is 10.2. The van der Waals surface area contributed by atoms with Gasteiger partial charge in [0, 0.05) is 17.6 Å². The zero-order valence-electron chi connectivity index (χ0n) is 9.20. The molecule has 0 spiro atoms. The van der Waals surface area contributed by atoms with Gasteiger partial charge in [-0.15, -0.1) is 0 Å². The van der Waals surface area contributed by atoms with Gasteiger partial charge in [0.15, 0.2) is 0 Å². The minimum Gasteiger partial charge on any atom is -0.496 e. The van der Waals surface area contributed by atoms with Crippen molar-refractivity contribution in [2.45, 2.75) is 12.8 Å². The van der Waals surface area contributed by atoms with Crippen LogP contribution in [-0.4, -0.2) is 30.1 Å². The third-order valence-corrected chi connectivity index (χ3v) is 3.76. The molecule has 1 aliphatic rings. The molecule has 0 N–H and O–H groups in total. The van der Waals surface area contributed by atoms with Crippen molar-refractivity contribution in [3.63, 3.8) is 0 Å². The fourth-order valence-electron chi connectivity index (χ4n) is 1.94. The van der Waals surface area contributed by atoms with Crippen LogP contribution in [0.1, 0.15) is 18.4 Å². The topological polar surface area (TPSA) is 12.5 Å². The quantitative estimate of drug-likeness (QED) is 0.778. The zero-order valence-corrected chi connectivity index (χ0v) is 11.6. The lowest BCUT2D eigenvalue weighted by molar-refractivity contribution is 0.412. The summed E-state index contributed by atoms with van der Waals surface area (Å²) < 4.78 is 6.38. The van der Waals surface area contributed by atoms with Crippen LogP contribution in [0.25, 0.3) is 0 Å². The van der Waals surface area contributed by atoms with Gasteiger partial charge in [0.1, 0.15) is 10.7 Å². The average molecular weight is 300 g/mol. The molecule has 1 aromatic carbocycles. The van der Waals surface area contributed by atoms with Gasteiger partial charge in [0.25, 0.3) is 0 Å². The van der Waals surface area contributed by atoms with E-state index < -0.39 is 0 Å². The van der Waals surface area contributed by atoms with Crippen LogP contribution in [0.15, 0.2) is 22.7 Å². The number of halogens is 1. The summed E-state index contributed by atoms with van der Waals surface area (Å²) >= 11 is 8.99. The van der Waals surface area contributed by atoms with Gasteiger partial charge in [-0.1, -0.05) is 28.1 Å². The molecule has 2 rings (SSSR count). The first-order valence-corrected chi connectivity index (χ1v) is 6.55. The molecule has 0 unspecified atom stereocenters. The standard InChI is InChI=1S/C12H14BrNOS/c1-15-11-5-4-9(13)8-10(11)12(16)14-6-2-3-7-14/h4-5,8H,2-3,6-7H2,1H3. The van der Waals surface area contributed by atoms with Crippen molar-refractivity contribution in [2.75, 3.05) is 20.2 Å². The minimum absolute atomic E-state index is 0.847. The van der Waals surface area contributed by atoms with E-state index in [1.807, 2.05) is 18.2 Å². The van der Waals surface area contributed by atoms with E-state index in [0.29, 0.717) is 0 Å². The Morgan fingerprint density at radius 3 is 2.69 bits per heavy atom. The Bertz CT molecular complexity index is 402. The first-order valence-electron chi connectivity index (χ1n) is 5.35. The van der Waals surface area contributed by atoms with Crippen LogP contribution < -0.4 is 4.74 Å². The molecule has 86 valence electrons. The molecule has 2 nitrogen and oxygen atoms in total. The number of hydrogen-bond acceptors (Lipinski definition) is 2. The first kappa shape index (κ1) is 11.9. The smallest absolute Gasteiger partial charge is 0.129 e. The Morgan fingerprint density at radius 2 is 2.06 bits per heavy atom. The summed E-state index contributed by atoms with van der Waals surface area (Å²) in [6.07, 6.45) is 2.47. The lowest BCUT2D eigenvalue weighted by Gasteiger charge is -2.20. The van der Waals surface area contributed by atoms with Gasteiger partial charge in [-0.05, 0) is 31.0 Å². The van der Waals surface area contributed by atoms with Crippen molar-refractivity contribution in [1.29, 1.82) is 0 Å². The van der Waals surface area contributed by atoms with E-state index in [9.17, 15) is 0 Å². The predicted octanol–water partition coefficient (Wildman–Crippen LogP) is 3.23. The van der Waals surface area contributed by atoms with E-state index in [0.717, 1.165) is 33.9 Å². The number of hydrogen-bond donors (Lipinski definition) is 0.